The second-order valence-electron chi connectivity index (χ2n) is 6.98. The molecular formula is C20H20FNO5S. The van der Waals surface area contributed by atoms with Crippen LogP contribution in [0.1, 0.15) is 43.3 Å². The first-order valence-corrected chi connectivity index (χ1v) is 9.88. The number of carboxylic acid groups (broad SMARTS) is 1. The number of halogens is 1. The quantitative estimate of drug-likeness (QED) is 0.848. The lowest BCUT2D eigenvalue weighted by molar-refractivity contribution is -0.0926. The molecule has 0 bridgehead atoms. The van der Waals surface area contributed by atoms with Crippen LogP contribution >= 0.6 is 11.3 Å². The summed E-state index contributed by atoms with van der Waals surface area (Å²) >= 11 is 1.30. The Morgan fingerprint density at radius 1 is 1.29 bits per heavy atom. The van der Waals surface area contributed by atoms with Crippen LogP contribution in [-0.4, -0.2) is 48.7 Å². The molecule has 1 N–H and O–H groups in total. The van der Waals surface area contributed by atoms with Crippen molar-refractivity contribution in [3.8, 4) is 5.75 Å². The van der Waals surface area contributed by atoms with Crippen molar-refractivity contribution in [1.82, 2.24) is 4.90 Å². The molecule has 4 rings (SSSR count). The van der Waals surface area contributed by atoms with E-state index < -0.39 is 17.4 Å². The van der Waals surface area contributed by atoms with E-state index in [0.717, 1.165) is 10.4 Å². The van der Waals surface area contributed by atoms with Crippen LogP contribution in [0.25, 0.3) is 0 Å². The summed E-state index contributed by atoms with van der Waals surface area (Å²) in [5.41, 5.74) is 0.391. The van der Waals surface area contributed by atoms with Gasteiger partial charge in [0.2, 0.25) is 0 Å². The van der Waals surface area contributed by atoms with Crippen molar-refractivity contribution in [2.45, 2.75) is 24.9 Å². The Bertz CT molecular complexity index is 933. The molecule has 0 atom stereocenters. The van der Waals surface area contributed by atoms with Crippen molar-refractivity contribution in [2.24, 2.45) is 0 Å². The van der Waals surface area contributed by atoms with Crippen LogP contribution < -0.4 is 4.74 Å². The second kappa shape index (κ2) is 7.18. The number of methoxy groups -OCH3 is 1. The molecule has 2 aromatic rings. The SMILES string of the molecule is COc1ccc(C(=O)N2CCC3(CC2)OCCc2sc(C(=O)O)cc23)c(F)c1. The molecule has 6 nitrogen and oxygen atoms in total. The van der Waals surface area contributed by atoms with E-state index >= 15 is 0 Å². The highest BCUT2D eigenvalue weighted by Gasteiger charge is 2.43. The third kappa shape index (κ3) is 3.16. The van der Waals surface area contributed by atoms with Gasteiger partial charge in [-0.3, -0.25) is 4.79 Å². The average molecular weight is 405 g/mol. The molecular weight excluding hydrogens is 385 g/mol. The minimum atomic E-state index is -0.933. The van der Waals surface area contributed by atoms with Crippen LogP contribution in [0.3, 0.4) is 0 Å². The molecule has 1 aromatic heterocycles. The van der Waals surface area contributed by atoms with Gasteiger partial charge in [0.15, 0.2) is 0 Å². The Balaban J connectivity index is 1.53. The molecule has 8 heteroatoms. The number of piperidine rings is 1. The molecule has 0 aliphatic carbocycles. The minimum Gasteiger partial charge on any atom is -0.497 e. The second-order valence-corrected chi connectivity index (χ2v) is 8.12. The van der Waals surface area contributed by atoms with Gasteiger partial charge in [-0.25, -0.2) is 9.18 Å². The topological polar surface area (TPSA) is 76.1 Å². The highest BCUT2D eigenvalue weighted by atomic mass is 32.1. The number of carbonyl (C=O) groups excluding carboxylic acids is 1. The number of aromatic carboxylic acids is 1. The maximum absolute atomic E-state index is 14.3. The molecule has 28 heavy (non-hydrogen) atoms. The fraction of sp³-hybridized carbons (Fsp3) is 0.400. The van der Waals surface area contributed by atoms with E-state index in [0.29, 0.717) is 49.6 Å². The van der Waals surface area contributed by atoms with Gasteiger partial charge >= 0.3 is 5.97 Å². The zero-order valence-corrected chi connectivity index (χ0v) is 16.2. The molecule has 3 heterocycles. The molecule has 0 radical (unpaired) electrons. The third-order valence-electron chi connectivity index (χ3n) is 5.48. The van der Waals surface area contributed by atoms with Crippen LogP contribution in [0.4, 0.5) is 4.39 Å². The molecule has 0 saturated carbocycles. The van der Waals surface area contributed by atoms with E-state index in [1.807, 2.05) is 0 Å². The number of nitrogens with zero attached hydrogens (tertiary/aromatic N) is 1. The van der Waals surface area contributed by atoms with Crippen molar-refractivity contribution in [1.29, 1.82) is 0 Å². The molecule has 1 spiro atoms. The largest absolute Gasteiger partial charge is 0.497 e. The maximum atomic E-state index is 14.3. The molecule has 1 fully saturated rings. The van der Waals surface area contributed by atoms with Gasteiger partial charge in [-0.15, -0.1) is 11.3 Å². The average Bonchev–Trinajstić information content (AvgIpc) is 3.14. The number of fused-ring (bicyclic) bond motifs is 2. The van der Waals surface area contributed by atoms with E-state index in [9.17, 15) is 19.1 Å². The molecule has 1 saturated heterocycles. The third-order valence-corrected chi connectivity index (χ3v) is 6.67. The summed E-state index contributed by atoms with van der Waals surface area (Å²) in [5, 5.41) is 9.30. The Morgan fingerprint density at radius 3 is 2.68 bits per heavy atom. The molecule has 2 aliphatic rings. The van der Waals surface area contributed by atoms with Crippen molar-refractivity contribution in [3.63, 3.8) is 0 Å². The number of hydrogen-bond donors (Lipinski definition) is 1. The predicted octanol–water partition coefficient (Wildman–Crippen LogP) is 3.30. The number of likely N-dealkylation sites (tertiary alicyclic amines) is 1. The number of rotatable bonds is 3. The lowest BCUT2D eigenvalue weighted by atomic mass is 9.82. The summed E-state index contributed by atoms with van der Waals surface area (Å²) in [6.45, 7) is 1.37. The van der Waals surface area contributed by atoms with Gasteiger partial charge in [0.25, 0.3) is 5.91 Å². The van der Waals surface area contributed by atoms with Crippen LogP contribution in [0.2, 0.25) is 0 Å². The molecule has 1 aromatic carbocycles. The molecule has 148 valence electrons. The fourth-order valence-electron chi connectivity index (χ4n) is 3.97. The minimum absolute atomic E-state index is 0.0192. The van der Waals surface area contributed by atoms with Gasteiger partial charge in [-0.05, 0) is 36.6 Å². The van der Waals surface area contributed by atoms with Crippen LogP contribution in [0.5, 0.6) is 5.75 Å². The molecule has 2 aliphatic heterocycles. The van der Waals surface area contributed by atoms with Crippen molar-refractivity contribution >= 4 is 23.2 Å². The van der Waals surface area contributed by atoms with Gasteiger partial charge < -0.3 is 19.5 Å². The van der Waals surface area contributed by atoms with Crippen LogP contribution in [0, 0.1) is 5.82 Å². The number of carbonyl (C=O) groups is 2. The zero-order valence-electron chi connectivity index (χ0n) is 15.4. The maximum Gasteiger partial charge on any atom is 0.345 e. The summed E-state index contributed by atoms with van der Waals surface area (Å²) in [4.78, 5) is 27.1. The number of carboxylic acids is 1. The molecule has 1 amide bonds. The highest BCUT2D eigenvalue weighted by Crippen LogP contribution is 2.44. The van der Waals surface area contributed by atoms with Crippen LogP contribution in [-0.2, 0) is 16.8 Å². The van der Waals surface area contributed by atoms with E-state index in [4.69, 9.17) is 9.47 Å². The van der Waals surface area contributed by atoms with Crippen molar-refractivity contribution < 1.29 is 28.6 Å². The van der Waals surface area contributed by atoms with Gasteiger partial charge in [0.05, 0.1) is 24.9 Å². The number of benzene rings is 1. The summed E-state index contributed by atoms with van der Waals surface area (Å²) in [6, 6.07) is 5.92. The van der Waals surface area contributed by atoms with E-state index in [-0.39, 0.29) is 11.5 Å². The Morgan fingerprint density at radius 2 is 2.04 bits per heavy atom. The monoisotopic (exact) mass is 405 g/mol. The van der Waals surface area contributed by atoms with Gasteiger partial charge in [0.1, 0.15) is 16.4 Å². The first kappa shape index (κ1) is 18.9. The lowest BCUT2D eigenvalue weighted by Gasteiger charge is -2.44. The van der Waals surface area contributed by atoms with Crippen molar-refractivity contribution in [3.05, 3.63) is 51.0 Å². The van der Waals surface area contributed by atoms with Gasteiger partial charge in [0, 0.05) is 30.5 Å². The lowest BCUT2D eigenvalue weighted by Crippen LogP contribution is -2.48. The summed E-state index contributed by atoms with van der Waals surface area (Å²) in [5.74, 6) is -1.54. The standard InChI is InChI=1S/C20H20FNO5S/c1-26-12-2-3-13(15(21)10-12)18(23)22-7-5-20(6-8-22)14-11-17(19(24)25)28-16(14)4-9-27-20/h2-3,10-11H,4-9H2,1H3,(H,24,25). The van der Waals surface area contributed by atoms with E-state index in [1.54, 1.807) is 17.0 Å². The molecule has 0 unspecified atom stereocenters. The highest BCUT2D eigenvalue weighted by molar-refractivity contribution is 7.14. The summed E-state index contributed by atoms with van der Waals surface area (Å²) in [7, 11) is 1.44. The Hall–Kier alpha value is -2.45. The fourth-order valence-corrected chi connectivity index (χ4v) is 5.04. The smallest absolute Gasteiger partial charge is 0.345 e. The first-order valence-electron chi connectivity index (χ1n) is 9.07. The predicted molar refractivity (Wildman–Crippen MR) is 101 cm³/mol. The van der Waals surface area contributed by atoms with E-state index in [1.165, 1.54) is 30.6 Å². The Labute approximate surface area is 165 Å². The normalized spacial score (nSPS) is 18.0. The number of amides is 1. The van der Waals surface area contributed by atoms with Crippen LogP contribution in [0.15, 0.2) is 24.3 Å². The number of hydrogen-bond acceptors (Lipinski definition) is 5. The number of thiophene rings is 1. The summed E-state index contributed by atoms with van der Waals surface area (Å²) < 4.78 is 25.3. The summed E-state index contributed by atoms with van der Waals surface area (Å²) in [6.07, 6.45) is 1.81. The van der Waals surface area contributed by atoms with Crippen molar-refractivity contribution in [2.75, 3.05) is 26.8 Å². The Kier molecular flexibility index (Phi) is 4.84. The van der Waals surface area contributed by atoms with Gasteiger partial charge in [-0.2, -0.15) is 0 Å². The van der Waals surface area contributed by atoms with E-state index in [2.05, 4.69) is 0 Å². The number of ether oxygens (including phenoxy) is 2. The first-order chi connectivity index (χ1) is 13.4. The van der Waals surface area contributed by atoms with Gasteiger partial charge in [-0.1, -0.05) is 0 Å². The zero-order chi connectivity index (χ0) is 19.9.